The van der Waals surface area contributed by atoms with Gasteiger partial charge in [-0.3, -0.25) is 4.79 Å². The number of nitrogens with one attached hydrogen (secondary N) is 2. The summed E-state index contributed by atoms with van der Waals surface area (Å²) in [6, 6.07) is -1.30. The first kappa shape index (κ1) is 11.7. The lowest BCUT2D eigenvalue weighted by Gasteiger charge is -2.27. The number of aliphatic carboxylic acids is 1. The number of hydrogen-bond donors (Lipinski definition) is 4. The Hall–Kier alpha value is -1.34. The zero-order valence-electron chi connectivity index (χ0n) is 8.40. The first-order valence-corrected chi connectivity index (χ1v) is 4.83. The Labute approximate surface area is 87.6 Å². The van der Waals surface area contributed by atoms with Crippen molar-refractivity contribution in [2.45, 2.75) is 6.04 Å². The number of carbonyl (C=O) groups is 2. The Morgan fingerprint density at radius 2 is 2.07 bits per heavy atom. The molecule has 15 heavy (non-hydrogen) atoms. The Morgan fingerprint density at radius 1 is 1.47 bits per heavy atom. The molecule has 0 bridgehead atoms. The van der Waals surface area contributed by atoms with Crippen LogP contribution in [0.4, 0.5) is 4.79 Å². The molecule has 0 aliphatic carbocycles. The highest BCUT2D eigenvalue weighted by molar-refractivity contribution is 5.77. The molecule has 1 fully saturated rings. The SMILES string of the molecule is N[C@@H](CNC(=O)N1CCNCC1)C(=O)O. The molecule has 0 aromatic carbocycles. The summed E-state index contributed by atoms with van der Waals surface area (Å²) < 4.78 is 0. The topological polar surface area (TPSA) is 108 Å². The van der Waals surface area contributed by atoms with Gasteiger partial charge >= 0.3 is 12.0 Å². The third-order valence-corrected chi connectivity index (χ3v) is 2.19. The standard InChI is InChI=1S/C8H16N4O3/c9-6(7(13)14)5-11-8(15)12-3-1-10-2-4-12/h6,10H,1-5,9H2,(H,11,15)(H,13,14)/t6-/m0/s1. The van der Waals surface area contributed by atoms with Gasteiger partial charge in [-0.1, -0.05) is 0 Å². The normalized spacial score (nSPS) is 18.3. The minimum absolute atomic E-state index is 0.0436. The number of amides is 2. The van der Waals surface area contributed by atoms with Crippen molar-refractivity contribution in [1.82, 2.24) is 15.5 Å². The molecule has 0 unspecified atom stereocenters. The van der Waals surface area contributed by atoms with Crippen LogP contribution in [0.5, 0.6) is 0 Å². The largest absolute Gasteiger partial charge is 0.480 e. The molecule has 86 valence electrons. The number of carbonyl (C=O) groups excluding carboxylic acids is 1. The zero-order valence-corrected chi connectivity index (χ0v) is 8.40. The number of nitrogens with two attached hydrogens (primary N) is 1. The summed E-state index contributed by atoms with van der Waals surface area (Å²) in [6.07, 6.45) is 0. The second-order valence-electron chi connectivity index (χ2n) is 3.37. The molecule has 7 heteroatoms. The summed E-state index contributed by atoms with van der Waals surface area (Å²) in [4.78, 5) is 23.5. The maximum Gasteiger partial charge on any atom is 0.322 e. The van der Waals surface area contributed by atoms with Crippen LogP contribution in [0.25, 0.3) is 0 Å². The zero-order chi connectivity index (χ0) is 11.3. The van der Waals surface area contributed by atoms with Crippen LogP contribution < -0.4 is 16.4 Å². The number of piperazine rings is 1. The van der Waals surface area contributed by atoms with Gasteiger partial charge in [0.2, 0.25) is 0 Å². The number of nitrogens with zero attached hydrogens (tertiary/aromatic N) is 1. The lowest BCUT2D eigenvalue weighted by Crippen LogP contribution is -2.52. The van der Waals surface area contributed by atoms with Gasteiger partial charge in [0.15, 0.2) is 0 Å². The molecule has 0 spiro atoms. The van der Waals surface area contributed by atoms with Crippen molar-refractivity contribution >= 4 is 12.0 Å². The smallest absolute Gasteiger partial charge is 0.322 e. The van der Waals surface area contributed by atoms with E-state index in [9.17, 15) is 9.59 Å². The summed E-state index contributed by atoms with van der Waals surface area (Å²) in [5, 5.41) is 14.1. The summed E-state index contributed by atoms with van der Waals surface area (Å²) in [5.74, 6) is -1.12. The van der Waals surface area contributed by atoms with E-state index in [4.69, 9.17) is 10.8 Å². The van der Waals surface area contributed by atoms with Gasteiger partial charge in [-0.2, -0.15) is 0 Å². The third kappa shape index (κ3) is 3.72. The fourth-order valence-electron chi connectivity index (χ4n) is 1.26. The first-order chi connectivity index (χ1) is 7.11. The predicted octanol–water partition coefficient (Wildman–Crippen LogP) is -1.99. The maximum atomic E-state index is 11.5. The number of carboxylic acid groups (broad SMARTS) is 1. The monoisotopic (exact) mass is 216 g/mol. The molecule has 1 saturated heterocycles. The second-order valence-corrected chi connectivity index (χ2v) is 3.37. The minimum atomic E-state index is -1.12. The van der Waals surface area contributed by atoms with E-state index in [2.05, 4.69) is 10.6 Å². The van der Waals surface area contributed by atoms with E-state index < -0.39 is 12.0 Å². The minimum Gasteiger partial charge on any atom is -0.480 e. The number of carboxylic acids is 1. The van der Waals surface area contributed by atoms with Crippen molar-refractivity contribution in [1.29, 1.82) is 0 Å². The Balaban J connectivity index is 2.25. The Bertz CT molecular complexity index is 240. The second kappa shape index (κ2) is 5.52. The summed E-state index contributed by atoms with van der Waals surface area (Å²) in [7, 11) is 0. The predicted molar refractivity (Wildman–Crippen MR) is 53.5 cm³/mol. The molecule has 0 aromatic heterocycles. The van der Waals surface area contributed by atoms with Crippen LogP contribution >= 0.6 is 0 Å². The van der Waals surface area contributed by atoms with Gasteiger partial charge in [0.05, 0.1) is 0 Å². The molecular formula is C8H16N4O3. The van der Waals surface area contributed by atoms with Gasteiger partial charge in [0.25, 0.3) is 0 Å². The number of rotatable bonds is 3. The molecule has 0 aromatic rings. The molecule has 0 radical (unpaired) electrons. The Morgan fingerprint density at radius 3 is 2.60 bits per heavy atom. The molecule has 1 atom stereocenters. The molecule has 7 nitrogen and oxygen atoms in total. The molecule has 1 aliphatic rings. The van der Waals surface area contributed by atoms with Crippen molar-refractivity contribution < 1.29 is 14.7 Å². The van der Waals surface area contributed by atoms with Crippen LogP contribution in [-0.4, -0.2) is 60.8 Å². The Kier molecular flexibility index (Phi) is 4.32. The average Bonchev–Trinajstić information content (AvgIpc) is 2.26. The summed E-state index contributed by atoms with van der Waals surface area (Å²) in [5.41, 5.74) is 5.25. The third-order valence-electron chi connectivity index (χ3n) is 2.19. The van der Waals surface area contributed by atoms with Crippen molar-refractivity contribution in [2.75, 3.05) is 32.7 Å². The van der Waals surface area contributed by atoms with Gasteiger partial charge in [-0.25, -0.2) is 4.79 Å². The lowest BCUT2D eigenvalue weighted by atomic mass is 10.3. The lowest BCUT2D eigenvalue weighted by molar-refractivity contribution is -0.138. The highest BCUT2D eigenvalue weighted by Gasteiger charge is 2.18. The van der Waals surface area contributed by atoms with Crippen LogP contribution in [0.3, 0.4) is 0 Å². The number of hydrogen-bond acceptors (Lipinski definition) is 4. The maximum absolute atomic E-state index is 11.5. The number of urea groups is 1. The first-order valence-electron chi connectivity index (χ1n) is 4.83. The molecule has 5 N–H and O–H groups in total. The van der Waals surface area contributed by atoms with E-state index in [0.717, 1.165) is 13.1 Å². The quantitative estimate of drug-likeness (QED) is 0.437. The van der Waals surface area contributed by atoms with Crippen LogP contribution in [0.2, 0.25) is 0 Å². The van der Waals surface area contributed by atoms with Crippen LogP contribution in [0, 0.1) is 0 Å². The van der Waals surface area contributed by atoms with E-state index in [1.807, 2.05) is 0 Å². The van der Waals surface area contributed by atoms with Crippen molar-refractivity contribution in [3.63, 3.8) is 0 Å². The van der Waals surface area contributed by atoms with Crippen molar-refractivity contribution in [3.05, 3.63) is 0 Å². The summed E-state index contributed by atoms with van der Waals surface area (Å²) in [6.45, 7) is 2.75. The molecule has 1 aliphatic heterocycles. The average molecular weight is 216 g/mol. The highest BCUT2D eigenvalue weighted by atomic mass is 16.4. The molecule has 0 saturated carbocycles. The van der Waals surface area contributed by atoms with Gasteiger partial charge in [0, 0.05) is 32.7 Å². The van der Waals surface area contributed by atoms with Crippen molar-refractivity contribution in [3.8, 4) is 0 Å². The van der Waals surface area contributed by atoms with Crippen molar-refractivity contribution in [2.24, 2.45) is 5.73 Å². The van der Waals surface area contributed by atoms with E-state index in [-0.39, 0.29) is 12.6 Å². The molecule has 2 amide bonds. The molecule has 1 heterocycles. The van der Waals surface area contributed by atoms with Gasteiger partial charge < -0.3 is 26.4 Å². The van der Waals surface area contributed by atoms with E-state index in [1.54, 1.807) is 4.90 Å². The van der Waals surface area contributed by atoms with E-state index in [1.165, 1.54) is 0 Å². The van der Waals surface area contributed by atoms with Crippen LogP contribution in [0.1, 0.15) is 0 Å². The van der Waals surface area contributed by atoms with E-state index in [0.29, 0.717) is 13.1 Å². The fourth-order valence-corrected chi connectivity index (χ4v) is 1.26. The van der Waals surface area contributed by atoms with Crippen LogP contribution in [0.15, 0.2) is 0 Å². The van der Waals surface area contributed by atoms with Crippen LogP contribution in [-0.2, 0) is 4.79 Å². The van der Waals surface area contributed by atoms with E-state index >= 15 is 0 Å². The highest BCUT2D eigenvalue weighted by Crippen LogP contribution is 1.92. The van der Waals surface area contributed by atoms with Gasteiger partial charge in [-0.05, 0) is 0 Å². The van der Waals surface area contributed by atoms with Gasteiger partial charge in [0.1, 0.15) is 6.04 Å². The fraction of sp³-hybridized carbons (Fsp3) is 0.750. The molecule has 1 rings (SSSR count). The molecular weight excluding hydrogens is 200 g/mol. The summed E-state index contributed by atoms with van der Waals surface area (Å²) >= 11 is 0. The van der Waals surface area contributed by atoms with Gasteiger partial charge in [-0.15, -0.1) is 0 Å².